The second-order valence-corrected chi connectivity index (χ2v) is 5.83. The van der Waals surface area contributed by atoms with E-state index in [-0.39, 0.29) is 5.54 Å². The molecule has 18 heavy (non-hydrogen) atoms. The zero-order chi connectivity index (χ0) is 13.4. The highest BCUT2D eigenvalue weighted by Crippen LogP contribution is 2.22. The van der Waals surface area contributed by atoms with Crippen molar-refractivity contribution in [2.24, 2.45) is 0 Å². The van der Waals surface area contributed by atoms with Crippen LogP contribution >= 0.6 is 0 Å². The molecule has 1 N–H and O–H groups in total. The van der Waals surface area contributed by atoms with Crippen molar-refractivity contribution in [3.05, 3.63) is 35.9 Å². The Hall–Kier alpha value is -1.26. The van der Waals surface area contributed by atoms with Crippen molar-refractivity contribution >= 4 is 0 Å². The number of nitrogens with one attached hydrogen (secondary N) is 1. The van der Waals surface area contributed by atoms with Crippen LogP contribution in [0.3, 0.4) is 0 Å². The third-order valence-electron chi connectivity index (χ3n) is 3.02. The third kappa shape index (κ3) is 5.89. The minimum Gasteiger partial charge on any atom is -0.311 e. The third-order valence-corrected chi connectivity index (χ3v) is 3.02. The molecule has 1 unspecified atom stereocenters. The molecule has 1 aromatic rings. The molecular formula is C17H25N. The quantitative estimate of drug-likeness (QED) is 0.589. The molecule has 1 nitrogen and oxygen atoms in total. The molecule has 0 aromatic heterocycles. The Kier molecular flexibility index (Phi) is 5.95. The average Bonchev–Trinajstić information content (AvgIpc) is 2.33. The topological polar surface area (TPSA) is 12.0 Å². The summed E-state index contributed by atoms with van der Waals surface area (Å²) in [6, 6.07) is 10.7. The molecule has 0 heterocycles. The van der Waals surface area contributed by atoms with E-state index in [9.17, 15) is 0 Å². The molecule has 98 valence electrons. The number of hydrogen-bond acceptors (Lipinski definition) is 1. The summed E-state index contributed by atoms with van der Waals surface area (Å²) in [4.78, 5) is 0. The smallest absolute Gasteiger partial charge is 0.00967 e. The summed E-state index contributed by atoms with van der Waals surface area (Å²) in [7, 11) is 0. The number of terminal acetylenes is 1. The Morgan fingerprint density at radius 1 is 1.22 bits per heavy atom. The van der Waals surface area contributed by atoms with E-state index in [2.05, 4.69) is 62.3 Å². The van der Waals surface area contributed by atoms with Gasteiger partial charge in [0.25, 0.3) is 0 Å². The van der Waals surface area contributed by atoms with Gasteiger partial charge in [-0.15, -0.1) is 12.3 Å². The van der Waals surface area contributed by atoms with E-state index in [4.69, 9.17) is 6.42 Å². The molecule has 0 radical (unpaired) electrons. The van der Waals surface area contributed by atoms with E-state index in [1.54, 1.807) is 0 Å². The summed E-state index contributed by atoms with van der Waals surface area (Å²) in [6.07, 6.45) is 8.45. The lowest BCUT2D eigenvalue weighted by Crippen LogP contribution is -2.38. The number of benzene rings is 1. The van der Waals surface area contributed by atoms with Crippen molar-refractivity contribution in [3.63, 3.8) is 0 Å². The lowest BCUT2D eigenvalue weighted by molar-refractivity contribution is 0.397. The van der Waals surface area contributed by atoms with Gasteiger partial charge in [0, 0.05) is 18.5 Å². The maximum Gasteiger partial charge on any atom is 0.00967 e. The van der Waals surface area contributed by atoms with Gasteiger partial charge in [-0.25, -0.2) is 0 Å². The molecule has 0 aliphatic rings. The van der Waals surface area contributed by atoms with Crippen LogP contribution in [0.25, 0.3) is 0 Å². The minimum absolute atomic E-state index is 0.166. The number of rotatable bonds is 6. The molecule has 0 spiro atoms. The molecule has 0 bridgehead atoms. The first kappa shape index (κ1) is 14.8. The molecule has 1 heteroatoms. The monoisotopic (exact) mass is 243 g/mol. The van der Waals surface area contributed by atoms with Crippen molar-refractivity contribution < 1.29 is 0 Å². The van der Waals surface area contributed by atoms with Gasteiger partial charge in [-0.1, -0.05) is 30.3 Å². The normalized spacial score (nSPS) is 13.0. The average molecular weight is 243 g/mol. The highest BCUT2D eigenvalue weighted by Gasteiger charge is 2.15. The van der Waals surface area contributed by atoms with Crippen LogP contribution in [0.2, 0.25) is 0 Å². The van der Waals surface area contributed by atoms with Crippen molar-refractivity contribution in [1.82, 2.24) is 5.32 Å². The van der Waals surface area contributed by atoms with Gasteiger partial charge in [-0.2, -0.15) is 0 Å². The van der Waals surface area contributed by atoms with Crippen molar-refractivity contribution in [2.75, 3.05) is 6.54 Å². The molecule has 0 saturated heterocycles. The van der Waals surface area contributed by atoms with Gasteiger partial charge in [-0.3, -0.25) is 0 Å². The zero-order valence-electron chi connectivity index (χ0n) is 11.9. The molecule has 0 aliphatic heterocycles. The van der Waals surface area contributed by atoms with Crippen molar-refractivity contribution in [2.45, 2.75) is 51.5 Å². The van der Waals surface area contributed by atoms with Crippen LogP contribution in [0, 0.1) is 12.3 Å². The molecule has 0 amide bonds. The summed E-state index contributed by atoms with van der Waals surface area (Å²) in [5.74, 6) is 3.28. The highest BCUT2D eigenvalue weighted by atomic mass is 14.9. The number of unbranched alkanes of at least 4 members (excludes halogenated alkanes) is 1. The molecular weight excluding hydrogens is 218 g/mol. The van der Waals surface area contributed by atoms with Gasteiger partial charge in [0.2, 0.25) is 0 Å². The van der Waals surface area contributed by atoms with Gasteiger partial charge in [0.15, 0.2) is 0 Å². The Labute approximate surface area is 112 Å². The van der Waals surface area contributed by atoms with Crippen LogP contribution < -0.4 is 5.32 Å². The zero-order valence-corrected chi connectivity index (χ0v) is 11.9. The lowest BCUT2D eigenvalue weighted by Gasteiger charge is -2.25. The van der Waals surface area contributed by atoms with Crippen LogP contribution in [0.1, 0.15) is 51.5 Å². The lowest BCUT2D eigenvalue weighted by atomic mass is 9.92. The first-order valence-electron chi connectivity index (χ1n) is 6.76. The molecule has 0 fully saturated rings. The first-order chi connectivity index (χ1) is 8.53. The molecule has 0 saturated carbocycles. The van der Waals surface area contributed by atoms with E-state index in [0.29, 0.717) is 5.92 Å². The fraction of sp³-hybridized carbons (Fsp3) is 0.529. The highest BCUT2D eigenvalue weighted by molar-refractivity contribution is 5.20. The Morgan fingerprint density at radius 3 is 2.44 bits per heavy atom. The Balaban J connectivity index is 2.61. The van der Waals surface area contributed by atoms with Crippen LogP contribution in [0.4, 0.5) is 0 Å². The minimum atomic E-state index is 0.166. The molecule has 0 aliphatic carbocycles. The maximum absolute atomic E-state index is 5.33. The second kappa shape index (κ2) is 7.24. The molecule has 1 rings (SSSR count). The van der Waals surface area contributed by atoms with Gasteiger partial charge in [0.05, 0.1) is 0 Å². The fourth-order valence-electron chi connectivity index (χ4n) is 1.99. The van der Waals surface area contributed by atoms with Crippen LogP contribution in [-0.4, -0.2) is 12.1 Å². The summed E-state index contributed by atoms with van der Waals surface area (Å²) in [5.41, 5.74) is 1.57. The predicted molar refractivity (Wildman–Crippen MR) is 79.6 cm³/mol. The van der Waals surface area contributed by atoms with Gasteiger partial charge in [0.1, 0.15) is 0 Å². The summed E-state index contributed by atoms with van der Waals surface area (Å²) >= 11 is 0. The van der Waals surface area contributed by atoms with E-state index in [1.165, 1.54) is 5.56 Å². The largest absolute Gasteiger partial charge is 0.311 e. The van der Waals surface area contributed by atoms with E-state index >= 15 is 0 Å². The summed E-state index contributed by atoms with van der Waals surface area (Å²) in [6.45, 7) is 7.63. The standard InChI is InChI=1S/C17H25N/c1-5-6-8-13-16(14-18-17(2,3)4)15-11-9-7-10-12-15/h1,7,9-12,16,18H,6,8,13-14H2,2-4H3. The summed E-state index contributed by atoms with van der Waals surface area (Å²) in [5, 5.41) is 3.60. The van der Waals surface area contributed by atoms with Gasteiger partial charge >= 0.3 is 0 Å². The maximum atomic E-state index is 5.33. The van der Waals surface area contributed by atoms with Crippen LogP contribution in [0.5, 0.6) is 0 Å². The summed E-state index contributed by atoms with van der Waals surface area (Å²) < 4.78 is 0. The Morgan fingerprint density at radius 2 is 1.89 bits per heavy atom. The Bertz CT molecular complexity index is 367. The van der Waals surface area contributed by atoms with Crippen LogP contribution in [-0.2, 0) is 0 Å². The predicted octanol–water partition coefficient (Wildman–Crippen LogP) is 3.96. The SMILES string of the molecule is C#CCCCC(CNC(C)(C)C)c1ccccc1. The van der Waals surface area contributed by atoms with Crippen LogP contribution in [0.15, 0.2) is 30.3 Å². The number of hydrogen-bond donors (Lipinski definition) is 1. The van der Waals surface area contributed by atoms with E-state index < -0.39 is 0 Å². The van der Waals surface area contributed by atoms with Gasteiger partial charge < -0.3 is 5.32 Å². The van der Waals surface area contributed by atoms with Crippen molar-refractivity contribution in [3.8, 4) is 12.3 Å². The fourth-order valence-corrected chi connectivity index (χ4v) is 1.99. The first-order valence-corrected chi connectivity index (χ1v) is 6.76. The molecule has 1 aromatic carbocycles. The molecule has 1 atom stereocenters. The van der Waals surface area contributed by atoms with E-state index in [1.807, 2.05) is 0 Å². The van der Waals surface area contributed by atoms with Crippen molar-refractivity contribution in [1.29, 1.82) is 0 Å². The van der Waals surface area contributed by atoms with E-state index in [0.717, 1.165) is 25.8 Å². The second-order valence-electron chi connectivity index (χ2n) is 5.83. The van der Waals surface area contributed by atoms with Gasteiger partial charge in [-0.05, 0) is 45.1 Å².